The van der Waals surface area contributed by atoms with Gasteiger partial charge in [0.25, 0.3) is 5.69 Å². The normalized spacial score (nSPS) is 19.6. The Labute approximate surface area is 130 Å². The van der Waals surface area contributed by atoms with Gasteiger partial charge in [-0.25, -0.2) is 8.42 Å². The molecule has 0 aromatic heterocycles. The van der Waals surface area contributed by atoms with Gasteiger partial charge in [0.2, 0.25) is 10.0 Å². The SMILES string of the molecule is Cl.N[C@@H]1CCN(S(=O)(=O)c2cc(Br)ccc2[N+](=O)[O-])C1. The van der Waals surface area contributed by atoms with E-state index < -0.39 is 20.6 Å². The van der Waals surface area contributed by atoms with Crippen molar-refractivity contribution in [2.24, 2.45) is 5.73 Å². The van der Waals surface area contributed by atoms with Gasteiger partial charge in [0.1, 0.15) is 0 Å². The zero-order valence-electron chi connectivity index (χ0n) is 10.2. The Morgan fingerprint density at radius 3 is 2.60 bits per heavy atom. The first kappa shape index (κ1) is 17.3. The molecule has 1 aliphatic heterocycles. The van der Waals surface area contributed by atoms with Crippen LogP contribution in [0.5, 0.6) is 0 Å². The Morgan fingerprint density at radius 1 is 1.45 bits per heavy atom. The molecule has 1 atom stereocenters. The molecule has 1 aromatic carbocycles. The summed E-state index contributed by atoms with van der Waals surface area (Å²) in [6.45, 7) is 0.471. The van der Waals surface area contributed by atoms with Gasteiger partial charge in [-0.2, -0.15) is 4.31 Å². The summed E-state index contributed by atoms with van der Waals surface area (Å²) in [6.07, 6.45) is 0.557. The van der Waals surface area contributed by atoms with Gasteiger partial charge < -0.3 is 5.73 Å². The van der Waals surface area contributed by atoms with E-state index in [1.807, 2.05) is 0 Å². The fourth-order valence-electron chi connectivity index (χ4n) is 1.96. The first-order valence-corrected chi connectivity index (χ1v) is 7.75. The van der Waals surface area contributed by atoms with Gasteiger partial charge in [0.05, 0.1) is 4.92 Å². The van der Waals surface area contributed by atoms with E-state index in [2.05, 4.69) is 15.9 Å². The second-order valence-electron chi connectivity index (χ2n) is 4.28. The molecule has 2 rings (SSSR count). The summed E-state index contributed by atoms with van der Waals surface area (Å²) < 4.78 is 26.5. The highest BCUT2D eigenvalue weighted by atomic mass is 79.9. The van der Waals surface area contributed by atoms with Gasteiger partial charge in [-0.1, -0.05) is 15.9 Å². The molecule has 2 N–H and O–H groups in total. The highest BCUT2D eigenvalue weighted by Crippen LogP contribution is 2.30. The number of nitro groups is 1. The average Bonchev–Trinajstić information content (AvgIpc) is 2.76. The fourth-order valence-corrected chi connectivity index (χ4v) is 4.16. The molecule has 0 unspecified atom stereocenters. The Bertz CT molecular complexity index is 625. The molecule has 112 valence electrons. The van der Waals surface area contributed by atoms with Crippen molar-refractivity contribution in [2.75, 3.05) is 13.1 Å². The molecule has 1 fully saturated rings. The van der Waals surface area contributed by atoms with E-state index in [-0.39, 0.29) is 36.4 Å². The zero-order valence-corrected chi connectivity index (χ0v) is 13.4. The highest BCUT2D eigenvalue weighted by Gasteiger charge is 2.35. The average molecular weight is 387 g/mol. The molecule has 0 bridgehead atoms. The molecule has 0 aliphatic carbocycles. The molecular weight excluding hydrogens is 374 g/mol. The predicted molar refractivity (Wildman–Crippen MR) is 79.4 cm³/mol. The van der Waals surface area contributed by atoms with E-state index in [0.717, 1.165) is 0 Å². The summed E-state index contributed by atoms with van der Waals surface area (Å²) in [5, 5.41) is 10.9. The number of rotatable bonds is 3. The topological polar surface area (TPSA) is 107 Å². The lowest BCUT2D eigenvalue weighted by molar-refractivity contribution is -0.387. The second kappa shape index (κ2) is 6.35. The van der Waals surface area contributed by atoms with Crippen LogP contribution < -0.4 is 5.73 Å². The van der Waals surface area contributed by atoms with E-state index in [1.165, 1.54) is 22.5 Å². The smallest absolute Gasteiger partial charge is 0.289 e. The third-order valence-electron chi connectivity index (χ3n) is 2.92. The van der Waals surface area contributed by atoms with Crippen LogP contribution in [0.1, 0.15) is 6.42 Å². The number of hydrogen-bond acceptors (Lipinski definition) is 5. The lowest BCUT2D eigenvalue weighted by Gasteiger charge is -2.16. The van der Waals surface area contributed by atoms with Crippen molar-refractivity contribution in [1.82, 2.24) is 4.31 Å². The molecule has 1 saturated heterocycles. The maximum atomic E-state index is 12.4. The molecular formula is C10H13BrClN3O4S. The number of sulfonamides is 1. The van der Waals surface area contributed by atoms with Crippen LogP contribution in [-0.4, -0.2) is 36.8 Å². The number of nitrogens with zero attached hydrogens (tertiary/aromatic N) is 2. The van der Waals surface area contributed by atoms with Crippen molar-refractivity contribution in [3.63, 3.8) is 0 Å². The lowest BCUT2D eigenvalue weighted by atomic mass is 10.3. The molecule has 1 aromatic rings. The third-order valence-corrected chi connectivity index (χ3v) is 5.31. The minimum atomic E-state index is -3.89. The van der Waals surface area contributed by atoms with E-state index in [4.69, 9.17) is 5.73 Å². The summed E-state index contributed by atoms with van der Waals surface area (Å²) in [4.78, 5) is 9.94. The van der Waals surface area contributed by atoms with Crippen LogP contribution in [0.25, 0.3) is 0 Å². The monoisotopic (exact) mass is 385 g/mol. The number of hydrogen-bond donors (Lipinski definition) is 1. The van der Waals surface area contributed by atoms with Gasteiger partial charge in [-0.15, -0.1) is 12.4 Å². The van der Waals surface area contributed by atoms with Crippen molar-refractivity contribution >= 4 is 44.0 Å². The van der Waals surface area contributed by atoms with Gasteiger partial charge in [0.15, 0.2) is 4.90 Å². The molecule has 7 nitrogen and oxygen atoms in total. The quantitative estimate of drug-likeness (QED) is 0.626. The van der Waals surface area contributed by atoms with Crippen LogP contribution in [0.15, 0.2) is 27.6 Å². The van der Waals surface area contributed by atoms with Gasteiger partial charge in [0, 0.05) is 29.7 Å². The Kier molecular flexibility index (Phi) is 5.50. The van der Waals surface area contributed by atoms with Crippen LogP contribution in [0.4, 0.5) is 5.69 Å². The minimum absolute atomic E-state index is 0. The Morgan fingerprint density at radius 2 is 2.10 bits per heavy atom. The molecule has 20 heavy (non-hydrogen) atoms. The minimum Gasteiger partial charge on any atom is -0.326 e. The fraction of sp³-hybridized carbons (Fsp3) is 0.400. The molecule has 0 spiro atoms. The summed E-state index contributed by atoms with van der Waals surface area (Å²) in [6, 6.07) is 3.64. The molecule has 1 aliphatic rings. The standard InChI is InChI=1S/C10H12BrN3O4S.ClH/c11-7-1-2-9(14(15)16)10(5-7)19(17,18)13-4-3-8(12)6-13;/h1-2,5,8H,3-4,6,12H2;1H/t8-;/m1./s1. The van der Waals surface area contributed by atoms with Crippen LogP contribution >= 0.6 is 28.3 Å². The molecule has 0 amide bonds. The van der Waals surface area contributed by atoms with Crippen LogP contribution in [0, 0.1) is 10.1 Å². The molecule has 10 heteroatoms. The number of nitro benzene ring substituents is 1. The van der Waals surface area contributed by atoms with Crippen molar-refractivity contribution in [3.8, 4) is 0 Å². The number of halogens is 2. The summed E-state index contributed by atoms with van der Waals surface area (Å²) in [5.41, 5.74) is 5.25. The van der Waals surface area contributed by atoms with Crippen molar-refractivity contribution in [2.45, 2.75) is 17.4 Å². The van der Waals surface area contributed by atoms with E-state index >= 15 is 0 Å². The Hall–Kier alpha value is -0.740. The lowest BCUT2D eigenvalue weighted by Crippen LogP contribution is -2.32. The first-order chi connectivity index (χ1) is 8.82. The Balaban J connectivity index is 0.00000200. The van der Waals surface area contributed by atoms with Crippen LogP contribution in [-0.2, 0) is 10.0 Å². The second-order valence-corrected chi connectivity index (χ2v) is 7.10. The van der Waals surface area contributed by atoms with Gasteiger partial charge in [-0.3, -0.25) is 10.1 Å². The van der Waals surface area contributed by atoms with E-state index in [1.54, 1.807) is 0 Å². The van der Waals surface area contributed by atoms with E-state index in [9.17, 15) is 18.5 Å². The maximum absolute atomic E-state index is 12.4. The van der Waals surface area contributed by atoms with Crippen molar-refractivity contribution < 1.29 is 13.3 Å². The molecule has 1 heterocycles. The van der Waals surface area contributed by atoms with Crippen LogP contribution in [0.3, 0.4) is 0 Å². The largest absolute Gasteiger partial charge is 0.326 e. The first-order valence-electron chi connectivity index (χ1n) is 5.52. The zero-order chi connectivity index (χ0) is 14.2. The number of nitrogens with two attached hydrogens (primary N) is 1. The van der Waals surface area contributed by atoms with Gasteiger partial charge >= 0.3 is 0 Å². The van der Waals surface area contributed by atoms with Crippen molar-refractivity contribution in [1.29, 1.82) is 0 Å². The predicted octanol–water partition coefficient (Wildman–Crippen LogP) is 1.50. The number of benzene rings is 1. The highest BCUT2D eigenvalue weighted by molar-refractivity contribution is 9.10. The molecule has 0 saturated carbocycles. The van der Waals surface area contributed by atoms with Crippen LogP contribution in [0.2, 0.25) is 0 Å². The third kappa shape index (κ3) is 3.29. The van der Waals surface area contributed by atoms with Gasteiger partial charge in [-0.05, 0) is 18.6 Å². The van der Waals surface area contributed by atoms with Crippen molar-refractivity contribution in [3.05, 3.63) is 32.8 Å². The van der Waals surface area contributed by atoms with E-state index in [0.29, 0.717) is 10.9 Å². The maximum Gasteiger partial charge on any atom is 0.289 e. The summed E-state index contributed by atoms with van der Waals surface area (Å²) in [5.74, 6) is 0. The summed E-state index contributed by atoms with van der Waals surface area (Å²) >= 11 is 3.13. The molecule has 0 radical (unpaired) electrons. The summed E-state index contributed by atoms with van der Waals surface area (Å²) in [7, 11) is -3.89.